The van der Waals surface area contributed by atoms with E-state index in [9.17, 15) is 8.42 Å². The molecule has 0 aliphatic carbocycles. The predicted molar refractivity (Wildman–Crippen MR) is 106 cm³/mol. The number of hydrogen-bond acceptors (Lipinski definition) is 4. The topological polar surface area (TPSA) is 64.2 Å². The molecule has 0 unspecified atom stereocenters. The molecule has 0 amide bonds. The van der Waals surface area contributed by atoms with Gasteiger partial charge in [-0.1, -0.05) is 41.9 Å². The summed E-state index contributed by atoms with van der Waals surface area (Å²) in [6.45, 7) is 0.538. The van der Waals surface area contributed by atoms with E-state index in [-0.39, 0.29) is 5.09 Å². The van der Waals surface area contributed by atoms with E-state index in [1.54, 1.807) is 42.6 Å². The first-order valence-electron chi connectivity index (χ1n) is 8.35. The fourth-order valence-corrected chi connectivity index (χ4v) is 4.58. The van der Waals surface area contributed by atoms with Crippen LogP contribution in [0.25, 0.3) is 22.2 Å². The summed E-state index contributed by atoms with van der Waals surface area (Å²) >= 11 is 6.11. The Morgan fingerprint density at radius 3 is 2.63 bits per heavy atom. The highest BCUT2D eigenvalue weighted by Gasteiger charge is 2.25. The minimum absolute atomic E-state index is 0.0985. The Labute approximate surface area is 162 Å². The Hall–Kier alpha value is -2.54. The molecule has 2 aromatic heterocycles. The Morgan fingerprint density at radius 1 is 1.07 bits per heavy atom. The third-order valence-corrected chi connectivity index (χ3v) is 6.02. The van der Waals surface area contributed by atoms with E-state index in [1.165, 1.54) is 3.97 Å². The SMILES string of the molecule is CNCc1cc(-c2cccc(Cl)c2)n(S(=O)(=O)c2cc3ccccc3o2)c1. The lowest BCUT2D eigenvalue weighted by molar-refractivity contribution is 0.478. The van der Waals surface area contributed by atoms with E-state index in [0.717, 1.165) is 10.9 Å². The van der Waals surface area contributed by atoms with Crippen molar-refractivity contribution in [3.8, 4) is 11.3 Å². The van der Waals surface area contributed by atoms with Crippen molar-refractivity contribution < 1.29 is 12.8 Å². The summed E-state index contributed by atoms with van der Waals surface area (Å²) in [6, 6.07) is 17.7. The highest BCUT2D eigenvalue weighted by atomic mass is 35.5. The van der Waals surface area contributed by atoms with Crippen LogP contribution in [0.5, 0.6) is 0 Å². The van der Waals surface area contributed by atoms with Gasteiger partial charge in [0, 0.05) is 34.8 Å². The van der Waals surface area contributed by atoms with E-state index < -0.39 is 10.0 Å². The van der Waals surface area contributed by atoms with Crippen molar-refractivity contribution in [1.82, 2.24) is 9.29 Å². The molecule has 0 aliphatic heterocycles. The minimum Gasteiger partial charge on any atom is -0.443 e. The molecule has 0 bridgehead atoms. The molecule has 2 aromatic carbocycles. The van der Waals surface area contributed by atoms with Gasteiger partial charge in [0.25, 0.3) is 0 Å². The lowest BCUT2D eigenvalue weighted by atomic mass is 10.1. The molecule has 27 heavy (non-hydrogen) atoms. The van der Waals surface area contributed by atoms with Crippen LogP contribution in [0.2, 0.25) is 5.02 Å². The lowest BCUT2D eigenvalue weighted by Gasteiger charge is -2.08. The summed E-state index contributed by atoms with van der Waals surface area (Å²) in [4.78, 5) is 0. The Kier molecular flexibility index (Phi) is 4.55. The summed E-state index contributed by atoms with van der Waals surface area (Å²) in [5, 5.41) is 4.22. The second-order valence-electron chi connectivity index (χ2n) is 6.18. The van der Waals surface area contributed by atoms with Gasteiger partial charge in [0.15, 0.2) is 0 Å². The summed E-state index contributed by atoms with van der Waals surface area (Å²) in [6.07, 6.45) is 1.61. The molecular formula is C20H17ClN2O3S. The van der Waals surface area contributed by atoms with E-state index in [4.69, 9.17) is 16.0 Å². The van der Waals surface area contributed by atoms with Gasteiger partial charge in [-0.3, -0.25) is 0 Å². The molecule has 0 fully saturated rings. The molecule has 0 saturated heterocycles. The zero-order valence-corrected chi connectivity index (χ0v) is 16.1. The van der Waals surface area contributed by atoms with Crippen molar-refractivity contribution in [3.05, 3.63) is 77.4 Å². The van der Waals surface area contributed by atoms with Crippen LogP contribution < -0.4 is 5.32 Å². The maximum atomic E-state index is 13.3. The Bertz CT molecular complexity index is 1190. The standard InChI is InChI=1S/C20H17ClN2O3S/c1-22-12-14-9-18(15-6-4-7-17(21)10-15)23(13-14)27(24,25)20-11-16-5-2-3-8-19(16)26-20/h2-11,13,22H,12H2,1H3. The number of fused-ring (bicyclic) bond motifs is 1. The number of nitrogens with zero attached hydrogens (tertiary/aromatic N) is 1. The summed E-state index contributed by atoms with van der Waals surface area (Å²) < 4.78 is 33.5. The normalized spacial score (nSPS) is 11.9. The van der Waals surface area contributed by atoms with Gasteiger partial charge in [-0.2, -0.15) is 8.42 Å². The van der Waals surface area contributed by atoms with Gasteiger partial charge in [0.1, 0.15) is 5.58 Å². The fraction of sp³-hybridized carbons (Fsp3) is 0.100. The monoisotopic (exact) mass is 400 g/mol. The van der Waals surface area contributed by atoms with Crippen LogP contribution in [-0.4, -0.2) is 19.4 Å². The van der Waals surface area contributed by atoms with E-state index in [1.807, 2.05) is 31.3 Å². The van der Waals surface area contributed by atoms with Crippen LogP contribution in [0.1, 0.15) is 5.56 Å². The summed E-state index contributed by atoms with van der Waals surface area (Å²) in [5.74, 6) is 0. The quantitative estimate of drug-likeness (QED) is 0.535. The highest BCUT2D eigenvalue weighted by molar-refractivity contribution is 7.89. The van der Waals surface area contributed by atoms with Gasteiger partial charge in [-0.25, -0.2) is 3.97 Å². The van der Waals surface area contributed by atoms with Crippen LogP contribution in [0.4, 0.5) is 0 Å². The molecule has 4 rings (SSSR count). The first kappa shape index (κ1) is 17.9. The predicted octanol–water partition coefficient (Wildman–Crippen LogP) is 4.51. The third-order valence-electron chi connectivity index (χ3n) is 4.26. The molecule has 0 spiro atoms. The number of rotatable bonds is 5. The second kappa shape index (κ2) is 6.88. The molecule has 0 radical (unpaired) electrons. The number of nitrogens with one attached hydrogen (secondary N) is 1. The second-order valence-corrected chi connectivity index (χ2v) is 8.36. The van der Waals surface area contributed by atoms with Gasteiger partial charge in [0.2, 0.25) is 5.09 Å². The molecule has 0 aliphatic rings. The largest absolute Gasteiger partial charge is 0.443 e. The van der Waals surface area contributed by atoms with Crippen molar-refractivity contribution >= 4 is 32.6 Å². The van der Waals surface area contributed by atoms with E-state index in [0.29, 0.717) is 28.4 Å². The average Bonchev–Trinajstić information content (AvgIpc) is 3.27. The third kappa shape index (κ3) is 3.27. The van der Waals surface area contributed by atoms with Crippen molar-refractivity contribution in [2.45, 2.75) is 11.6 Å². The molecule has 0 atom stereocenters. The summed E-state index contributed by atoms with van der Waals surface area (Å²) in [5.41, 5.74) is 2.61. The smallest absolute Gasteiger partial charge is 0.301 e. The molecule has 0 saturated carbocycles. The van der Waals surface area contributed by atoms with Crippen LogP contribution in [0.3, 0.4) is 0 Å². The summed E-state index contributed by atoms with van der Waals surface area (Å²) in [7, 11) is -2.10. The maximum absolute atomic E-state index is 13.3. The molecular weight excluding hydrogens is 384 g/mol. The number of benzene rings is 2. The molecule has 4 aromatic rings. The van der Waals surface area contributed by atoms with E-state index in [2.05, 4.69) is 5.32 Å². The Morgan fingerprint density at radius 2 is 1.89 bits per heavy atom. The van der Waals surface area contributed by atoms with Gasteiger partial charge in [-0.15, -0.1) is 0 Å². The van der Waals surface area contributed by atoms with Gasteiger partial charge in [0.05, 0.1) is 5.69 Å². The molecule has 138 valence electrons. The van der Waals surface area contributed by atoms with Gasteiger partial charge in [-0.05, 0) is 36.9 Å². The lowest BCUT2D eigenvalue weighted by Crippen LogP contribution is -2.12. The first-order chi connectivity index (χ1) is 13.0. The molecule has 1 N–H and O–H groups in total. The van der Waals surface area contributed by atoms with Crippen molar-refractivity contribution in [2.24, 2.45) is 0 Å². The molecule has 2 heterocycles. The minimum atomic E-state index is -3.91. The van der Waals surface area contributed by atoms with Crippen molar-refractivity contribution in [3.63, 3.8) is 0 Å². The maximum Gasteiger partial charge on any atom is 0.301 e. The van der Waals surface area contributed by atoms with Crippen LogP contribution >= 0.6 is 11.6 Å². The zero-order chi connectivity index (χ0) is 19.0. The van der Waals surface area contributed by atoms with Crippen LogP contribution in [0.15, 0.2) is 76.4 Å². The fourth-order valence-electron chi connectivity index (χ4n) is 3.04. The molecule has 5 nitrogen and oxygen atoms in total. The molecule has 7 heteroatoms. The van der Waals surface area contributed by atoms with Gasteiger partial charge < -0.3 is 9.73 Å². The highest BCUT2D eigenvalue weighted by Crippen LogP contribution is 2.31. The number of halogens is 1. The zero-order valence-electron chi connectivity index (χ0n) is 14.5. The van der Waals surface area contributed by atoms with Crippen LogP contribution in [-0.2, 0) is 16.6 Å². The average molecular weight is 401 g/mol. The number of furan rings is 1. The van der Waals surface area contributed by atoms with E-state index >= 15 is 0 Å². The van der Waals surface area contributed by atoms with Crippen molar-refractivity contribution in [2.75, 3.05) is 7.05 Å². The van der Waals surface area contributed by atoms with Gasteiger partial charge >= 0.3 is 10.0 Å². The number of hydrogen-bond donors (Lipinski definition) is 1. The van der Waals surface area contributed by atoms with Crippen molar-refractivity contribution in [1.29, 1.82) is 0 Å². The number of para-hydroxylation sites is 1. The number of aromatic nitrogens is 1. The van der Waals surface area contributed by atoms with Crippen LogP contribution in [0, 0.1) is 0 Å². The first-order valence-corrected chi connectivity index (χ1v) is 10.2. The Balaban J connectivity index is 1.91.